The van der Waals surface area contributed by atoms with Crippen LogP contribution in [0.2, 0.25) is 0 Å². The molecule has 104 valence electrons. The van der Waals surface area contributed by atoms with Crippen LogP contribution in [-0.2, 0) is 0 Å². The molecule has 0 fully saturated rings. The molecule has 0 aliphatic rings. The van der Waals surface area contributed by atoms with Gasteiger partial charge in [0.1, 0.15) is 0 Å². The minimum atomic E-state index is -1.49. The minimum absolute atomic E-state index is 0.280. The highest BCUT2D eigenvalue weighted by atomic mass is 16.3. The Labute approximate surface area is 101 Å². The van der Waals surface area contributed by atoms with E-state index in [0.717, 1.165) is 4.90 Å². The van der Waals surface area contributed by atoms with Gasteiger partial charge < -0.3 is 30.6 Å². The summed E-state index contributed by atoms with van der Waals surface area (Å²) in [6, 6.07) is 0. The van der Waals surface area contributed by atoms with Crippen LogP contribution in [0.5, 0.6) is 0 Å². The number of hydrogen-bond acceptors (Lipinski definition) is 7. The molecule has 0 aliphatic carbocycles. The molecule has 0 radical (unpaired) electrons. The van der Waals surface area contributed by atoms with Crippen molar-refractivity contribution in [3.05, 3.63) is 0 Å². The van der Waals surface area contributed by atoms with Gasteiger partial charge >= 0.3 is 0 Å². The Balaban J connectivity index is 5.39. The first-order chi connectivity index (χ1) is 8.06. The van der Waals surface area contributed by atoms with Crippen LogP contribution < -0.4 is 0 Å². The SMILES string of the molecule is CCC(CO)(CO)N(CO)C(CO)(CO)CO. The van der Waals surface area contributed by atoms with Crippen LogP contribution in [0.3, 0.4) is 0 Å². The summed E-state index contributed by atoms with van der Waals surface area (Å²) >= 11 is 0. The maximum absolute atomic E-state index is 9.37. The Kier molecular flexibility index (Phi) is 7.10. The van der Waals surface area contributed by atoms with Crippen LogP contribution in [0, 0.1) is 0 Å². The van der Waals surface area contributed by atoms with Gasteiger partial charge in [0, 0.05) is 0 Å². The highest BCUT2D eigenvalue weighted by Gasteiger charge is 2.46. The van der Waals surface area contributed by atoms with Crippen LogP contribution in [0.25, 0.3) is 0 Å². The van der Waals surface area contributed by atoms with Crippen LogP contribution >= 0.6 is 0 Å². The summed E-state index contributed by atoms with van der Waals surface area (Å²) in [5.41, 5.74) is -2.70. The Morgan fingerprint density at radius 1 is 0.706 bits per heavy atom. The molecule has 0 aromatic carbocycles. The van der Waals surface area contributed by atoms with Crippen LogP contribution in [0.4, 0.5) is 0 Å². The molecule has 0 aromatic heterocycles. The average Bonchev–Trinajstić information content (AvgIpc) is 2.40. The summed E-state index contributed by atoms with van der Waals surface area (Å²) in [6.07, 6.45) is 0.280. The van der Waals surface area contributed by atoms with Gasteiger partial charge in [-0.3, -0.25) is 4.90 Å². The molecular formula is C10H23NO6. The van der Waals surface area contributed by atoms with Gasteiger partial charge in [0.15, 0.2) is 0 Å². The van der Waals surface area contributed by atoms with Crippen LogP contribution in [0.15, 0.2) is 0 Å². The van der Waals surface area contributed by atoms with E-state index in [2.05, 4.69) is 0 Å². The molecule has 7 nitrogen and oxygen atoms in total. The van der Waals surface area contributed by atoms with Gasteiger partial charge in [-0.25, -0.2) is 0 Å². The molecule has 0 saturated heterocycles. The van der Waals surface area contributed by atoms with E-state index in [-0.39, 0.29) is 6.42 Å². The van der Waals surface area contributed by atoms with Gasteiger partial charge in [0.05, 0.1) is 50.8 Å². The quantitative estimate of drug-likeness (QED) is 0.243. The zero-order chi connectivity index (χ0) is 13.5. The van der Waals surface area contributed by atoms with Crippen molar-refractivity contribution in [2.75, 3.05) is 39.8 Å². The third kappa shape index (κ3) is 2.94. The van der Waals surface area contributed by atoms with Crippen molar-refractivity contribution < 1.29 is 30.6 Å². The lowest BCUT2D eigenvalue weighted by Gasteiger charge is -2.49. The monoisotopic (exact) mass is 253 g/mol. The van der Waals surface area contributed by atoms with Crippen molar-refractivity contribution in [1.29, 1.82) is 0 Å². The maximum Gasteiger partial charge on any atom is 0.0969 e. The molecule has 0 amide bonds. The fourth-order valence-electron chi connectivity index (χ4n) is 1.84. The summed E-state index contributed by atoms with van der Waals surface area (Å²) in [6.45, 7) is -1.69. The Morgan fingerprint density at radius 3 is 1.24 bits per heavy atom. The first kappa shape index (κ1) is 16.7. The van der Waals surface area contributed by atoms with Gasteiger partial charge in [0.25, 0.3) is 0 Å². The molecule has 0 atom stereocenters. The predicted molar refractivity (Wildman–Crippen MR) is 60.1 cm³/mol. The summed E-state index contributed by atoms with van der Waals surface area (Å²) in [4.78, 5) is 1.14. The van der Waals surface area contributed by atoms with Gasteiger partial charge in [-0.1, -0.05) is 6.92 Å². The van der Waals surface area contributed by atoms with Gasteiger partial charge in [-0.2, -0.15) is 0 Å². The van der Waals surface area contributed by atoms with Crippen LogP contribution in [-0.4, -0.2) is 86.4 Å². The third-order valence-corrected chi connectivity index (χ3v) is 3.42. The zero-order valence-electron chi connectivity index (χ0n) is 10.1. The van der Waals surface area contributed by atoms with E-state index < -0.39 is 50.8 Å². The zero-order valence-corrected chi connectivity index (χ0v) is 10.1. The van der Waals surface area contributed by atoms with Crippen molar-refractivity contribution in [3.63, 3.8) is 0 Å². The molecule has 0 spiro atoms. The van der Waals surface area contributed by atoms with E-state index in [1.54, 1.807) is 6.92 Å². The van der Waals surface area contributed by atoms with E-state index >= 15 is 0 Å². The summed E-state index contributed by atoms with van der Waals surface area (Å²) in [5.74, 6) is 0. The predicted octanol–water partition coefficient (Wildman–Crippen LogP) is -2.91. The van der Waals surface area contributed by atoms with E-state index in [9.17, 15) is 30.6 Å². The third-order valence-electron chi connectivity index (χ3n) is 3.42. The van der Waals surface area contributed by atoms with Gasteiger partial charge in [-0.15, -0.1) is 0 Å². The lowest BCUT2D eigenvalue weighted by Crippen LogP contribution is -2.68. The molecule has 0 aromatic rings. The Bertz CT molecular complexity index is 168. The smallest absolute Gasteiger partial charge is 0.0969 e. The molecule has 0 rings (SSSR count). The summed E-state index contributed by atoms with van der Waals surface area (Å²) in [7, 11) is 0. The molecular weight excluding hydrogens is 230 g/mol. The lowest BCUT2D eigenvalue weighted by atomic mass is 9.88. The number of rotatable bonds is 9. The fourth-order valence-corrected chi connectivity index (χ4v) is 1.84. The molecule has 6 N–H and O–H groups in total. The molecule has 7 heteroatoms. The first-order valence-electron chi connectivity index (χ1n) is 5.49. The molecule has 0 bridgehead atoms. The first-order valence-corrected chi connectivity index (χ1v) is 5.49. The largest absolute Gasteiger partial charge is 0.394 e. The highest BCUT2D eigenvalue weighted by Crippen LogP contribution is 2.27. The van der Waals surface area contributed by atoms with Gasteiger partial charge in [0.2, 0.25) is 0 Å². The van der Waals surface area contributed by atoms with E-state index in [1.807, 2.05) is 0 Å². The molecule has 0 aliphatic heterocycles. The highest BCUT2D eigenvalue weighted by molar-refractivity contribution is 4.99. The summed E-state index contributed by atoms with van der Waals surface area (Å²) < 4.78 is 0. The molecule has 0 heterocycles. The molecule has 0 unspecified atom stereocenters. The van der Waals surface area contributed by atoms with Crippen LogP contribution in [0.1, 0.15) is 13.3 Å². The van der Waals surface area contributed by atoms with E-state index in [0.29, 0.717) is 0 Å². The Morgan fingerprint density at radius 2 is 1.06 bits per heavy atom. The maximum atomic E-state index is 9.37. The standard InChI is InChI=1S/C10H23NO6/c1-2-9(3-12,4-13)11(8-17)10(5-14,6-15)7-16/h12-17H,2-8H2,1H3. The van der Waals surface area contributed by atoms with Crippen molar-refractivity contribution in [3.8, 4) is 0 Å². The molecule has 17 heavy (non-hydrogen) atoms. The lowest BCUT2D eigenvalue weighted by molar-refractivity contribution is -0.160. The second-order valence-corrected chi connectivity index (χ2v) is 4.16. The Hall–Kier alpha value is -0.280. The van der Waals surface area contributed by atoms with Crippen molar-refractivity contribution in [1.82, 2.24) is 4.90 Å². The van der Waals surface area contributed by atoms with Crippen molar-refractivity contribution in [2.45, 2.75) is 24.4 Å². The number of aliphatic hydroxyl groups excluding tert-OH is 6. The second-order valence-electron chi connectivity index (χ2n) is 4.16. The summed E-state index contributed by atoms with van der Waals surface area (Å²) in [5, 5.41) is 56.0. The van der Waals surface area contributed by atoms with E-state index in [1.165, 1.54) is 0 Å². The number of hydrogen-bond donors (Lipinski definition) is 6. The van der Waals surface area contributed by atoms with Crippen molar-refractivity contribution in [2.24, 2.45) is 0 Å². The van der Waals surface area contributed by atoms with Crippen molar-refractivity contribution >= 4 is 0 Å². The van der Waals surface area contributed by atoms with Gasteiger partial charge in [-0.05, 0) is 6.42 Å². The second kappa shape index (κ2) is 7.22. The van der Waals surface area contributed by atoms with E-state index in [4.69, 9.17) is 0 Å². The topological polar surface area (TPSA) is 125 Å². The number of aliphatic hydroxyl groups is 6. The fraction of sp³-hybridized carbons (Fsp3) is 1.00. The minimum Gasteiger partial charge on any atom is -0.394 e. The normalized spacial score (nSPS) is 13.4. The molecule has 0 saturated carbocycles. The number of nitrogens with zero attached hydrogens (tertiary/aromatic N) is 1. The average molecular weight is 253 g/mol.